The van der Waals surface area contributed by atoms with Crippen molar-refractivity contribution in [2.75, 3.05) is 27.3 Å². The van der Waals surface area contributed by atoms with Gasteiger partial charge in [0, 0.05) is 6.54 Å². The number of rotatable bonds is 9. The Bertz CT molecular complexity index is 783. The lowest BCUT2D eigenvalue weighted by Crippen LogP contribution is -2.41. The van der Waals surface area contributed by atoms with Crippen molar-refractivity contribution in [1.29, 1.82) is 0 Å². The molecule has 0 spiro atoms. The first-order valence-electron chi connectivity index (χ1n) is 9.21. The monoisotopic (exact) mass is 389 g/mol. The highest BCUT2D eigenvalue weighted by atomic mass is 19.1. The van der Waals surface area contributed by atoms with E-state index in [4.69, 9.17) is 14.2 Å². The Labute approximate surface area is 165 Å². The van der Waals surface area contributed by atoms with Crippen LogP contribution < -0.4 is 24.8 Å². The Morgan fingerprint density at radius 1 is 1.04 bits per heavy atom. The third-order valence-electron chi connectivity index (χ3n) is 3.93. The van der Waals surface area contributed by atoms with Crippen molar-refractivity contribution in [3.05, 3.63) is 53.8 Å². The predicted octanol–water partition coefficient (Wildman–Crippen LogP) is 3.37. The van der Waals surface area contributed by atoms with Crippen LogP contribution in [-0.4, -0.2) is 39.4 Å². The van der Waals surface area contributed by atoms with E-state index < -0.39 is 5.82 Å². The first-order chi connectivity index (χ1) is 13.6. The second-order valence-electron chi connectivity index (χ2n) is 6.12. The fourth-order valence-corrected chi connectivity index (χ4v) is 2.54. The highest BCUT2D eigenvalue weighted by Gasteiger charge is 2.09. The molecular formula is C21H28FN3O3. The number of guanidine groups is 1. The van der Waals surface area contributed by atoms with E-state index >= 15 is 0 Å². The van der Waals surface area contributed by atoms with Gasteiger partial charge in [-0.3, -0.25) is 0 Å². The van der Waals surface area contributed by atoms with Gasteiger partial charge in [0.2, 0.25) is 0 Å². The third-order valence-corrected chi connectivity index (χ3v) is 3.93. The molecule has 0 saturated carbocycles. The molecule has 0 heterocycles. The van der Waals surface area contributed by atoms with Crippen LogP contribution in [-0.2, 0) is 6.54 Å². The largest absolute Gasteiger partial charge is 0.494 e. The summed E-state index contributed by atoms with van der Waals surface area (Å²) in [5, 5.41) is 6.41. The van der Waals surface area contributed by atoms with E-state index in [1.54, 1.807) is 19.2 Å². The van der Waals surface area contributed by atoms with Gasteiger partial charge in [-0.2, -0.15) is 0 Å². The maximum Gasteiger partial charge on any atom is 0.191 e. The molecule has 152 valence electrons. The van der Waals surface area contributed by atoms with Crippen LogP contribution in [0, 0.1) is 5.82 Å². The smallest absolute Gasteiger partial charge is 0.191 e. The number of halogens is 1. The van der Waals surface area contributed by atoms with Crippen LogP contribution in [0.4, 0.5) is 4.39 Å². The number of benzene rings is 2. The van der Waals surface area contributed by atoms with Crippen LogP contribution in [0.2, 0.25) is 0 Å². The fraction of sp³-hybridized carbons (Fsp3) is 0.381. The van der Waals surface area contributed by atoms with Gasteiger partial charge in [0.25, 0.3) is 0 Å². The Morgan fingerprint density at radius 3 is 2.39 bits per heavy atom. The van der Waals surface area contributed by atoms with Crippen molar-refractivity contribution in [1.82, 2.24) is 10.6 Å². The summed E-state index contributed by atoms with van der Waals surface area (Å²) >= 11 is 0. The summed E-state index contributed by atoms with van der Waals surface area (Å²) in [5.41, 5.74) is 0.758. The molecule has 0 radical (unpaired) electrons. The van der Waals surface area contributed by atoms with Crippen LogP contribution in [0.25, 0.3) is 0 Å². The molecule has 0 aliphatic rings. The van der Waals surface area contributed by atoms with Crippen molar-refractivity contribution in [2.24, 2.45) is 4.99 Å². The molecule has 7 heteroatoms. The third kappa shape index (κ3) is 6.33. The molecule has 1 atom stereocenters. The zero-order valence-electron chi connectivity index (χ0n) is 16.8. The van der Waals surface area contributed by atoms with Gasteiger partial charge in [0.15, 0.2) is 29.0 Å². The number of hydrogen-bond acceptors (Lipinski definition) is 4. The fourth-order valence-electron chi connectivity index (χ4n) is 2.54. The molecule has 0 fully saturated rings. The molecule has 6 nitrogen and oxygen atoms in total. The Morgan fingerprint density at radius 2 is 1.75 bits per heavy atom. The normalized spacial score (nSPS) is 12.2. The number of aliphatic imine (C=N–C) groups is 1. The minimum atomic E-state index is -0.396. The lowest BCUT2D eigenvalue weighted by atomic mass is 10.2. The average molecular weight is 389 g/mol. The van der Waals surface area contributed by atoms with Crippen LogP contribution in [0.1, 0.15) is 19.4 Å². The van der Waals surface area contributed by atoms with Crippen molar-refractivity contribution in [3.8, 4) is 17.2 Å². The maximum absolute atomic E-state index is 13.8. The number of nitrogens with zero attached hydrogens (tertiary/aromatic N) is 1. The van der Waals surface area contributed by atoms with Gasteiger partial charge < -0.3 is 24.8 Å². The van der Waals surface area contributed by atoms with Gasteiger partial charge in [0.05, 0.1) is 27.3 Å². The highest BCUT2D eigenvalue weighted by molar-refractivity contribution is 5.79. The Hall–Kier alpha value is -2.96. The topological polar surface area (TPSA) is 64.1 Å². The Kier molecular flexibility index (Phi) is 8.39. The van der Waals surface area contributed by atoms with E-state index in [0.29, 0.717) is 37.1 Å². The molecule has 1 unspecified atom stereocenters. The summed E-state index contributed by atoms with van der Waals surface area (Å²) < 4.78 is 30.0. The molecule has 2 aromatic rings. The molecule has 0 saturated heterocycles. The predicted molar refractivity (Wildman–Crippen MR) is 109 cm³/mol. The summed E-state index contributed by atoms with van der Waals surface area (Å²) in [6, 6.07) is 12.3. The molecule has 0 aromatic heterocycles. The molecule has 0 bridgehead atoms. The van der Waals surface area contributed by atoms with Gasteiger partial charge in [-0.1, -0.05) is 18.2 Å². The number of para-hydroxylation sites is 2. The van der Waals surface area contributed by atoms with Gasteiger partial charge in [-0.15, -0.1) is 0 Å². The molecule has 2 N–H and O–H groups in total. The highest BCUT2D eigenvalue weighted by Crippen LogP contribution is 2.26. The second-order valence-corrected chi connectivity index (χ2v) is 6.12. The van der Waals surface area contributed by atoms with E-state index in [9.17, 15) is 4.39 Å². The van der Waals surface area contributed by atoms with Gasteiger partial charge >= 0.3 is 0 Å². The van der Waals surface area contributed by atoms with Gasteiger partial charge in [-0.25, -0.2) is 9.38 Å². The number of hydrogen-bond donors (Lipinski definition) is 2. The molecule has 28 heavy (non-hydrogen) atoms. The van der Waals surface area contributed by atoms with Crippen LogP contribution in [0.5, 0.6) is 17.2 Å². The van der Waals surface area contributed by atoms with Crippen molar-refractivity contribution in [3.63, 3.8) is 0 Å². The molecule has 2 rings (SSSR count). The minimum Gasteiger partial charge on any atom is -0.494 e. The molecule has 0 amide bonds. The molecule has 0 aliphatic heterocycles. The SMILES string of the molecule is CCNC(=NCc1ccc(OC)c(F)c1)NCC(C)Oc1ccccc1OC. The molecular weight excluding hydrogens is 361 g/mol. The second kappa shape index (κ2) is 11.0. The standard InChI is InChI=1S/C21H28FN3O3/c1-5-23-21(25-14-16-10-11-18(26-3)17(22)12-16)24-13-15(2)28-20-9-7-6-8-19(20)27-4/h6-12,15H,5,13-14H2,1-4H3,(H2,23,24,25). The van der Waals surface area contributed by atoms with Crippen LogP contribution in [0.15, 0.2) is 47.5 Å². The summed E-state index contributed by atoms with van der Waals surface area (Å²) in [6.45, 7) is 5.55. The lowest BCUT2D eigenvalue weighted by Gasteiger charge is -2.19. The van der Waals surface area contributed by atoms with E-state index in [1.807, 2.05) is 38.1 Å². The quantitative estimate of drug-likeness (QED) is 0.509. The average Bonchev–Trinajstić information content (AvgIpc) is 2.70. The van der Waals surface area contributed by atoms with Crippen molar-refractivity contribution < 1.29 is 18.6 Å². The number of methoxy groups -OCH3 is 2. The van der Waals surface area contributed by atoms with Gasteiger partial charge in [-0.05, 0) is 43.7 Å². The van der Waals surface area contributed by atoms with Crippen LogP contribution in [0.3, 0.4) is 0 Å². The first-order valence-corrected chi connectivity index (χ1v) is 9.21. The van der Waals surface area contributed by atoms with E-state index in [1.165, 1.54) is 13.2 Å². The zero-order valence-corrected chi connectivity index (χ0v) is 16.8. The van der Waals surface area contributed by atoms with E-state index in [2.05, 4.69) is 15.6 Å². The van der Waals surface area contributed by atoms with Crippen molar-refractivity contribution >= 4 is 5.96 Å². The van der Waals surface area contributed by atoms with Crippen LogP contribution >= 0.6 is 0 Å². The van der Waals surface area contributed by atoms with Gasteiger partial charge in [0.1, 0.15) is 6.10 Å². The van der Waals surface area contributed by atoms with E-state index in [0.717, 1.165) is 5.56 Å². The number of nitrogens with one attached hydrogen (secondary N) is 2. The van der Waals surface area contributed by atoms with Crippen molar-refractivity contribution in [2.45, 2.75) is 26.5 Å². The summed E-state index contributed by atoms with van der Waals surface area (Å²) in [6.07, 6.45) is -0.112. The first kappa shape index (κ1) is 21.3. The van der Waals surface area contributed by atoms with E-state index in [-0.39, 0.29) is 11.9 Å². The molecule has 2 aromatic carbocycles. The summed E-state index contributed by atoms with van der Waals surface area (Å²) in [7, 11) is 3.06. The maximum atomic E-state index is 13.8. The molecule has 0 aliphatic carbocycles. The lowest BCUT2D eigenvalue weighted by molar-refractivity contribution is 0.213. The summed E-state index contributed by atoms with van der Waals surface area (Å²) in [5.74, 6) is 1.84. The zero-order chi connectivity index (χ0) is 20.4. The summed E-state index contributed by atoms with van der Waals surface area (Å²) in [4.78, 5) is 4.50. The minimum absolute atomic E-state index is 0.112. The Balaban J connectivity index is 1.94. The number of ether oxygens (including phenoxy) is 3.